The molecule has 2 saturated heterocycles. The number of carbonyl (C=O) groups excluding carboxylic acids is 2. The molecule has 148 valence electrons. The molecule has 0 spiro atoms. The van der Waals surface area contributed by atoms with Gasteiger partial charge in [-0.1, -0.05) is 0 Å². The third kappa shape index (κ3) is 3.11. The number of carbonyl (C=O) groups is 2. The van der Waals surface area contributed by atoms with E-state index >= 15 is 0 Å². The van der Waals surface area contributed by atoms with E-state index in [9.17, 15) is 9.59 Å². The summed E-state index contributed by atoms with van der Waals surface area (Å²) in [6.07, 6.45) is 3.96. The first-order valence-corrected chi connectivity index (χ1v) is 9.70. The molecule has 2 aromatic heterocycles. The Hall–Kier alpha value is -2.61. The Morgan fingerprint density at radius 1 is 1.36 bits per heavy atom. The number of pyridine rings is 1. The molecule has 0 bridgehead atoms. The molecule has 8 heteroatoms. The Balaban J connectivity index is 1.06. The number of fused-ring (bicyclic) bond motifs is 2. The zero-order valence-corrected chi connectivity index (χ0v) is 15.7. The summed E-state index contributed by atoms with van der Waals surface area (Å²) >= 11 is 0. The predicted octanol–water partition coefficient (Wildman–Crippen LogP) is 2.05. The van der Waals surface area contributed by atoms with Crippen LogP contribution in [0.4, 0.5) is 4.79 Å². The van der Waals surface area contributed by atoms with Gasteiger partial charge in [0.15, 0.2) is 16.9 Å². The number of hydrogen-bond donors (Lipinski definition) is 1. The van der Waals surface area contributed by atoms with Crippen molar-refractivity contribution in [2.24, 2.45) is 17.8 Å². The standard InChI is InChI=1S/C20H23N3O5/c1-20(10-26-11-20)28-19(25)23-8-14-13(15(14)9-23)3-5-22-18(24)16-6-12-2-4-21-7-17(12)27-16/h2,4,6-7,13-15H,3,5,8-11H2,1H3,(H,22,24)/t13?,14-,15+. The van der Waals surface area contributed by atoms with E-state index in [4.69, 9.17) is 13.9 Å². The van der Waals surface area contributed by atoms with Crippen LogP contribution in [0.2, 0.25) is 0 Å². The summed E-state index contributed by atoms with van der Waals surface area (Å²) in [6, 6.07) is 3.55. The molecule has 5 rings (SSSR count). The Morgan fingerprint density at radius 3 is 2.82 bits per heavy atom. The second kappa shape index (κ2) is 6.48. The first-order valence-electron chi connectivity index (χ1n) is 9.70. The van der Waals surface area contributed by atoms with Gasteiger partial charge in [0.25, 0.3) is 5.91 Å². The number of amides is 2. The van der Waals surface area contributed by atoms with Crippen LogP contribution in [0.3, 0.4) is 0 Å². The molecule has 1 saturated carbocycles. The van der Waals surface area contributed by atoms with E-state index in [1.807, 2.05) is 13.0 Å². The number of nitrogens with one attached hydrogen (secondary N) is 1. The van der Waals surface area contributed by atoms with Gasteiger partial charge in [-0.2, -0.15) is 0 Å². The monoisotopic (exact) mass is 385 g/mol. The Kier molecular flexibility index (Phi) is 4.04. The molecule has 28 heavy (non-hydrogen) atoms. The molecule has 3 fully saturated rings. The molecule has 2 aromatic rings. The lowest BCUT2D eigenvalue weighted by molar-refractivity contribution is -0.171. The molecule has 0 aromatic carbocycles. The fraction of sp³-hybridized carbons (Fsp3) is 0.550. The van der Waals surface area contributed by atoms with E-state index in [1.165, 1.54) is 0 Å². The number of nitrogens with zero attached hydrogens (tertiary/aromatic N) is 2. The van der Waals surface area contributed by atoms with E-state index in [-0.39, 0.29) is 12.0 Å². The van der Waals surface area contributed by atoms with Gasteiger partial charge in [-0.15, -0.1) is 0 Å². The number of ether oxygens (including phenoxy) is 2. The first kappa shape index (κ1) is 17.5. The molecule has 2 amide bonds. The van der Waals surface area contributed by atoms with E-state index in [0.29, 0.717) is 48.9 Å². The Bertz CT molecular complexity index is 876. The average Bonchev–Trinajstić information content (AvgIpc) is 3.05. The van der Waals surface area contributed by atoms with Gasteiger partial charge in [0.05, 0.1) is 19.4 Å². The largest absolute Gasteiger partial charge is 0.449 e. The molecule has 2 aliphatic heterocycles. The summed E-state index contributed by atoms with van der Waals surface area (Å²) in [5.41, 5.74) is 0.152. The summed E-state index contributed by atoms with van der Waals surface area (Å²) in [5, 5.41) is 3.80. The molecule has 1 N–H and O–H groups in total. The van der Waals surface area contributed by atoms with Crippen molar-refractivity contribution < 1.29 is 23.5 Å². The van der Waals surface area contributed by atoms with E-state index < -0.39 is 5.60 Å². The van der Waals surface area contributed by atoms with Crippen LogP contribution in [0.25, 0.3) is 11.0 Å². The third-order valence-corrected chi connectivity index (χ3v) is 6.09. The molecule has 4 heterocycles. The van der Waals surface area contributed by atoms with Gasteiger partial charge >= 0.3 is 6.09 Å². The SMILES string of the molecule is CC1(OC(=O)N2C[C@@H]3C(CCNC(=O)c4cc5ccncc5o4)[C@@H]3C2)COC1. The van der Waals surface area contributed by atoms with Gasteiger partial charge in [-0.05, 0) is 43.2 Å². The highest BCUT2D eigenvalue weighted by atomic mass is 16.6. The van der Waals surface area contributed by atoms with Crippen molar-refractivity contribution in [1.82, 2.24) is 15.2 Å². The topological polar surface area (TPSA) is 93.9 Å². The van der Waals surface area contributed by atoms with Crippen molar-refractivity contribution in [2.45, 2.75) is 18.9 Å². The third-order valence-electron chi connectivity index (χ3n) is 6.09. The number of furan rings is 1. The zero-order valence-electron chi connectivity index (χ0n) is 15.7. The smallest absolute Gasteiger partial charge is 0.410 e. The number of piperidine rings is 1. The molecular formula is C20H23N3O5. The van der Waals surface area contributed by atoms with Crippen LogP contribution in [0.1, 0.15) is 23.9 Å². The molecule has 8 nitrogen and oxygen atoms in total. The van der Waals surface area contributed by atoms with Crippen LogP contribution in [-0.4, -0.2) is 60.3 Å². The molecular weight excluding hydrogens is 362 g/mol. The maximum Gasteiger partial charge on any atom is 0.410 e. The second-order valence-corrected chi connectivity index (χ2v) is 8.28. The molecule has 0 radical (unpaired) electrons. The summed E-state index contributed by atoms with van der Waals surface area (Å²) in [6.45, 7) is 4.94. The lowest BCUT2D eigenvalue weighted by atomic mass is 10.1. The predicted molar refractivity (Wildman–Crippen MR) is 98.7 cm³/mol. The lowest BCUT2D eigenvalue weighted by Crippen LogP contribution is -2.52. The van der Waals surface area contributed by atoms with Gasteiger partial charge in [-0.25, -0.2) is 4.79 Å². The summed E-state index contributed by atoms with van der Waals surface area (Å²) in [7, 11) is 0. The molecule has 1 unspecified atom stereocenters. The maximum atomic E-state index is 12.3. The van der Waals surface area contributed by atoms with Crippen LogP contribution in [-0.2, 0) is 9.47 Å². The van der Waals surface area contributed by atoms with Crippen LogP contribution in [0.15, 0.2) is 28.9 Å². The highest BCUT2D eigenvalue weighted by molar-refractivity contribution is 5.95. The minimum Gasteiger partial charge on any atom is -0.449 e. The van der Waals surface area contributed by atoms with E-state index in [0.717, 1.165) is 24.9 Å². The van der Waals surface area contributed by atoms with E-state index in [1.54, 1.807) is 23.4 Å². The minimum absolute atomic E-state index is 0.205. The van der Waals surface area contributed by atoms with Gasteiger partial charge in [-0.3, -0.25) is 9.78 Å². The molecule has 1 aliphatic carbocycles. The van der Waals surface area contributed by atoms with Gasteiger partial charge in [0.2, 0.25) is 0 Å². The number of hydrogen-bond acceptors (Lipinski definition) is 6. The van der Waals surface area contributed by atoms with Crippen molar-refractivity contribution in [3.05, 3.63) is 30.3 Å². The van der Waals surface area contributed by atoms with Crippen LogP contribution >= 0.6 is 0 Å². The Labute approximate surface area is 162 Å². The van der Waals surface area contributed by atoms with Gasteiger partial charge < -0.3 is 24.1 Å². The summed E-state index contributed by atoms with van der Waals surface area (Å²) < 4.78 is 16.2. The highest BCUT2D eigenvalue weighted by Crippen LogP contribution is 2.53. The first-order chi connectivity index (χ1) is 13.5. The van der Waals surface area contributed by atoms with Gasteiger partial charge in [0.1, 0.15) is 0 Å². The fourth-order valence-electron chi connectivity index (χ4n) is 4.39. The fourth-order valence-corrected chi connectivity index (χ4v) is 4.39. The molecule has 3 atom stereocenters. The van der Waals surface area contributed by atoms with Crippen molar-refractivity contribution >= 4 is 23.0 Å². The van der Waals surface area contributed by atoms with E-state index in [2.05, 4.69) is 10.3 Å². The van der Waals surface area contributed by atoms with Crippen LogP contribution in [0, 0.1) is 17.8 Å². The van der Waals surface area contributed by atoms with Crippen LogP contribution < -0.4 is 5.32 Å². The number of aromatic nitrogens is 1. The van der Waals surface area contributed by atoms with Crippen molar-refractivity contribution in [2.75, 3.05) is 32.8 Å². The Morgan fingerprint density at radius 2 is 2.14 bits per heavy atom. The van der Waals surface area contributed by atoms with Gasteiger partial charge in [0, 0.05) is 31.2 Å². The van der Waals surface area contributed by atoms with Crippen molar-refractivity contribution in [3.8, 4) is 0 Å². The van der Waals surface area contributed by atoms with Crippen molar-refractivity contribution in [3.63, 3.8) is 0 Å². The minimum atomic E-state index is -0.458. The zero-order chi connectivity index (χ0) is 19.3. The summed E-state index contributed by atoms with van der Waals surface area (Å²) in [5.74, 6) is 1.70. The van der Waals surface area contributed by atoms with Crippen LogP contribution in [0.5, 0.6) is 0 Å². The normalized spacial score (nSPS) is 27.2. The lowest BCUT2D eigenvalue weighted by Gasteiger charge is -2.38. The quantitative estimate of drug-likeness (QED) is 0.847. The molecule has 3 aliphatic rings. The average molecular weight is 385 g/mol. The maximum absolute atomic E-state index is 12.3. The number of likely N-dealkylation sites (tertiary alicyclic amines) is 1. The second-order valence-electron chi connectivity index (χ2n) is 8.28. The van der Waals surface area contributed by atoms with Crippen molar-refractivity contribution in [1.29, 1.82) is 0 Å². The highest BCUT2D eigenvalue weighted by Gasteiger charge is 2.56. The number of rotatable bonds is 5. The summed E-state index contributed by atoms with van der Waals surface area (Å²) in [4.78, 5) is 30.3.